The molecular weight excluding hydrogens is 234 g/mol. The zero-order valence-electron chi connectivity index (χ0n) is 8.22. The number of nitrogens with one attached hydrogen (secondary N) is 1. The van der Waals surface area contributed by atoms with Crippen LogP contribution in [0.15, 0.2) is 0 Å². The van der Waals surface area contributed by atoms with Gasteiger partial charge < -0.3 is 5.32 Å². The first-order chi connectivity index (χ1) is 6.06. The molecule has 0 radical (unpaired) electrons. The SMILES string of the molecule is CNCCOS(C)(=O)=O.CS(=O)(=O)O. The summed E-state index contributed by atoms with van der Waals surface area (Å²) < 4.78 is 50.8. The van der Waals surface area contributed by atoms with Crippen LogP contribution in [0.3, 0.4) is 0 Å². The topological polar surface area (TPSA) is 110 Å². The fraction of sp³-hybridized carbons (Fsp3) is 1.00. The number of hydrogen-bond acceptors (Lipinski definition) is 6. The maximum Gasteiger partial charge on any atom is 0.264 e. The fourth-order valence-electron chi connectivity index (χ4n) is 0.295. The van der Waals surface area contributed by atoms with Crippen LogP contribution in [0.25, 0.3) is 0 Å². The van der Waals surface area contributed by atoms with Gasteiger partial charge in [-0.25, -0.2) is 0 Å². The molecule has 0 saturated carbocycles. The normalized spacial score (nSPS) is 11.7. The first-order valence-electron chi connectivity index (χ1n) is 3.47. The van der Waals surface area contributed by atoms with Crippen LogP contribution in [0.1, 0.15) is 0 Å². The molecule has 7 nitrogen and oxygen atoms in total. The second kappa shape index (κ2) is 7.12. The zero-order chi connectivity index (χ0) is 11.8. The van der Waals surface area contributed by atoms with Gasteiger partial charge in [0.15, 0.2) is 0 Å². The average molecular weight is 249 g/mol. The predicted octanol–water partition coefficient (Wildman–Crippen LogP) is -1.31. The van der Waals surface area contributed by atoms with E-state index in [0.29, 0.717) is 12.8 Å². The summed E-state index contributed by atoms with van der Waals surface area (Å²) in [6, 6.07) is 0. The van der Waals surface area contributed by atoms with Gasteiger partial charge in [0.25, 0.3) is 20.2 Å². The zero-order valence-corrected chi connectivity index (χ0v) is 9.85. The minimum absolute atomic E-state index is 0.204. The average Bonchev–Trinajstić information content (AvgIpc) is 1.80. The van der Waals surface area contributed by atoms with Crippen LogP contribution in [0.4, 0.5) is 0 Å². The van der Waals surface area contributed by atoms with Crippen molar-refractivity contribution < 1.29 is 25.6 Å². The molecular formula is C5H15NO6S2. The Kier molecular flexibility index (Phi) is 8.25. The highest BCUT2D eigenvalue weighted by atomic mass is 32.2. The summed E-state index contributed by atoms with van der Waals surface area (Å²) in [5.74, 6) is 0. The van der Waals surface area contributed by atoms with Gasteiger partial charge in [0.05, 0.1) is 19.1 Å². The molecule has 9 heteroatoms. The van der Waals surface area contributed by atoms with E-state index in [1.54, 1.807) is 7.05 Å². The van der Waals surface area contributed by atoms with E-state index in [1.165, 1.54) is 0 Å². The second-order valence-electron chi connectivity index (χ2n) is 2.36. The Balaban J connectivity index is 0. The van der Waals surface area contributed by atoms with Crippen molar-refractivity contribution in [2.24, 2.45) is 0 Å². The summed E-state index contributed by atoms with van der Waals surface area (Å²) in [6.07, 6.45) is 1.75. The van der Waals surface area contributed by atoms with Gasteiger partial charge >= 0.3 is 0 Å². The van der Waals surface area contributed by atoms with Gasteiger partial charge in [-0.3, -0.25) is 8.74 Å². The molecule has 88 valence electrons. The van der Waals surface area contributed by atoms with Gasteiger partial charge in [-0.15, -0.1) is 0 Å². The Bertz CT molecular complexity index is 310. The van der Waals surface area contributed by atoms with Gasteiger partial charge in [-0.1, -0.05) is 0 Å². The van der Waals surface area contributed by atoms with Crippen LogP contribution in [-0.4, -0.2) is 54.1 Å². The molecule has 0 unspecified atom stereocenters. The summed E-state index contributed by atoms with van der Waals surface area (Å²) in [5, 5.41) is 2.75. The van der Waals surface area contributed by atoms with E-state index < -0.39 is 20.2 Å². The highest BCUT2D eigenvalue weighted by Crippen LogP contribution is 1.82. The van der Waals surface area contributed by atoms with Gasteiger partial charge in [-0.2, -0.15) is 16.8 Å². The first-order valence-corrected chi connectivity index (χ1v) is 7.14. The second-order valence-corrected chi connectivity index (χ2v) is 5.47. The Hall–Kier alpha value is -0.220. The summed E-state index contributed by atoms with van der Waals surface area (Å²) in [5.41, 5.74) is 0. The van der Waals surface area contributed by atoms with E-state index in [4.69, 9.17) is 4.55 Å². The fourth-order valence-corrected chi connectivity index (χ4v) is 0.681. The molecule has 0 aliphatic carbocycles. The number of likely N-dealkylation sites (N-methyl/N-ethyl adjacent to an activating group) is 1. The van der Waals surface area contributed by atoms with Crippen molar-refractivity contribution in [3.05, 3.63) is 0 Å². The van der Waals surface area contributed by atoms with Gasteiger partial charge in [-0.05, 0) is 7.05 Å². The van der Waals surface area contributed by atoms with Crippen molar-refractivity contribution in [2.75, 3.05) is 32.7 Å². The van der Waals surface area contributed by atoms with E-state index in [0.717, 1.165) is 6.26 Å². The summed E-state index contributed by atoms with van der Waals surface area (Å²) in [7, 11) is -5.18. The molecule has 0 amide bonds. The maximum absolute atomic E-state index is 10.3. The molecule has 0 aliphatic heterocycles. The lowest BCUT2D eigenvalue weighted by Crippen LogP contribution is -2.16. The van der Waals surface area contributed by atoms with Crippen molar-refractivity contribution >= 4 is 20.2 Å². The molecule has 2 N–H and O–H groups in total. The summed E-state index contributed by atoms with van der Waals surface area (Å²) >= 11 is 0. The van der Waals surface area contributed by atoms with E-state index in [1.807, 2.05) is 0 Å². The van der Waals surface area contributed by atoms with Crippen LogP contribution >= 0.6 is 0 Å². The third kappa shape index (κ3) is 41.0. The molecule has 0 saturated heterocycles. The van der Waals surface area contributed by atoms with Gasteiger partial charge in [0, 0.05) is 6.54 Å². The van der Waals surface area contributed by atoms with E-state index in [2.05, 4.69) is 9.50 Å². The van der Waals surface area contributed by atoms with Crippen molar-refractivity contribution in [1.82, 2.24) is 5.32 Å². The standard InChI is InChI=1S/C4H11NO3S.CH4O3S/c1-5-3-4-8-9(2,6)7;1-5(2,3)4/h5H,3-4H2,1-2H3;1H3,(H,2,3,4). The third-order valence-electron chi connectivity index (χ3n) is 0.649. The Morgan fingerprint density at radius 2 is 1.57 bits per heavy atom. The van der Waals surface area contributed by atoms with Crippen molar-refractivity contribution in [3.8, 4) is 0 Å². The van der Waals surface area contributed by atoms with E-state index >= 15 is 0 Å². The molecule has 0 atom stereocenters. The van der Waals surface area contributed by atoms with E-state index in [-0.39, 0.29) is 6.61 Å². The third-order valence-corrected chi connectivity index (χ3v) is 1.24. The molecule has 0 bridgehead atoms. The Labute approximate surface area is 84.3 Å². The van der Waals surface area contributed by atoms with Crippen LogP contribution in [-0.2, 0) is 24.4 Å². The molecule has 14 heavy (non-hydrogen) atoms. The molecule has 0 aliphatic rings. The lowest BCUT2D eigenvalue weighted by Gasteiger charge is -1.97. The van der Waals surface area contributed by atoms with Crippen LogP contribution < -0.4 is 5.32 Å². The minimum atomic E-state index is -3.67. The number of rotatable bonds is 4. The molecule has 0 aromatic rings. The molecule has 0 heterocycles. The smallest absolute Gasteiger partial charge is 0.264 e. The monoisotopic (exact) mass is 249 g/mol. The minimum Gasteiger partial charge on any atom is -0.317 e. The van der Waals surface area contributed by atoms with Crippen LogP contribution in [0.5, 0.6) is 0 Å². The van der Waals surface area contributed by atoms with Crippen molar-refractivity contribution in [3.63, 3.8) is 0 Å². The van der Waals surface area contributed by atoms with Crippen molar-refractivity contribution in [2.45, 2.75) is 0 Å². The Morgan fingerprint density at radius 1 is 1.21 bits per heavy atom. The lowest BCUT2D eigenvalue weighted by molar-refractivity contribution is 0.322. The molecule has 0 rings (SSSR count). The van der Waals surface area contributed by atoms with Gasteiger partial charge in [0.1, 0.15) is 0 Å². The number of hydrogen-bond donors (Lipinski definition) is 2. The van der Waals surface area contributed by atoms with Crippen LogP contribution in [0.2, 0.25) is 0 Å². The maximum atomic E-state index is 10.3. The molecule has 0 aromatic carbocycles. The summed E-state index contributed by atoms with van der Waals surface area (Å²) in [6.45, 7) is 0.752. The molecule has 0 spiro atoms. The summed E-state index contributed by atoms with van der Waals surface area (Å²) in [4.78, 5) is 0. The highest BCUT2D eigenvalue weighted by molar-refractivity contribution is 7.86. The lowest BCUT2D eigenvalue weighted by atomic mass is 10.7. The highest BCUT2D eigenvalue weighted by Gasteiger charge is 1.97. The van der Waals surface area contributed by atoms with Crippen molar-refractivity contribution in [1.29, 1.82) is 0 Å². The quantitative estimate of drug-likeness (QED) is 0.361. The molecule has 0 aromatic heterocycles. The Morgan fingerprint density at radius 3 is 1.79 bits per heavy atom. The largest absolute Gasteiger partial charge is 0.317 e. The van der Waals surface area contributed by atoms with Crippen LogP contribution in [0, 0.1) is 0 Å². The molecule has 0 fully saturated rings. The van der Waals surface area contributed by atoms with E-state index in [9.17, 15) is 16.8 Å². The predicted molar refractivity (Wildman–Crippen MR) is 52.2 cm³/mol. The van der Waals surface area contributed by atoms with Gasteiger partial charge in [0.2, 0.25) is 0 Å². The first kappa shape index (κ1) is 16.2.